The number of rotatable bonds is 4. The summed E-state index contributed by atoms with van der Waals surface area (Å²) in [5.41, 5.74) is 1.68. The van der Waals surface area contributed by atoms with Crippen LogP contribution in [0.15, 0.2) is 41.2 Å². The number of methoxy groups -OCH3 is 1. The van der Waals surface area contributed by atoms with Crippen LogP contribution in [0, 0.1) is 0 Å². The van der Waals surface area contributed by atoms with E-state index in [2.05, 4.69) is 10.1 Å². The number of nitrogens with one attached hydrogen (secondary N) is 1. The number of para-hydroxylation sites is 1. The van der Waals surface area contributed by atoms with E-state index in [1.165, 1.54) is 10.6 Å². The number of carbonyl (C=O) groups is 1. The Morgan fingerprint density at radius 3 is 2.86 bits per heavy atom. The number of aromatic nitrogens is 3. The minimum atomic E-state index is -1.03. The average Bonchev–Trinajstić information content (AvgIpc) is 2.91. The van der Waals surface area contributed by atoms with Gasteiger partial charge in [0.15, 0.2) is 5.65 Å². The van der Waals surface area contributed by atoms with E-state index in [1.807, 2.05) is 24.3 Å². The van der Waals surface area contributed by atoms with Crippen molar-refractivity contribution in [3.8, 4) is 17.0 Å². The third kappa shape index (κ3) is 2.44. The van der Waals surface area contributed by atoms with Crippen LogP contribution in [0.25, 0.3) is 16.9 Å². The molecular formula is C15H13N3O4. The molecule has 2 N–H and O–H groups in total. The zero-order valence-corrected chi connectivity index (χ0v) is 11.7. The fourth-order valence-corrected chi connectivity index (χ4v) is 2.29. The van der Waals surface area contributed by atoms with Crippen molar-refractivity contribution in [2.24, 2.45) is 0 Å². The van der Waals surface area contributed by atoms with Crippen LogP contribution in [0.5, 0.6) is 5.75 Å². The summed E-state index contributed by atoms with van der Waals surface area (Å²) < 4.78 is 6.57. The summed E-state index contributed by atoms with van der Waals surface area (Å²) in [6, 6.07) is 10.3. The Kier molecular flexibility index (Phi) is 3.38. The number of carboxylic acids is 1. The van der Waals surface area contributed by atoms with Crippen LogP contribution < -0.4 is 10.3 Å². The molecule has 112 valence electrons. The molecule has 0 saturated carbocycles. The Labute approximate surface area is 124 Å². The highest BCUT2D eigenvalue weighted by atomic mass is 16.5. The van der Waals surface area contributed by atoms with Crippen molar-refractivity contribution in [2.75, 3.05) is 7.11 Å². The summed E-state index contributed by atoms with van der Waals surface area (Å²) in [4.78, 5) is 27.0. The lowest BCUT2D eigenvalue weighted by Crippen LogP contribution is -2.16. The number of hydrogen-bond acceptors (Lipinski definition) is 4. The van der Waals surface area contributed by atoms with Crippen molar-refractivity contribution >= 4 is 11.6 Å². The van der Waals surface area contributed by atoms with Gasteiger partial charge in [-0.05, 0) is 12.1 Å². The predicted octanol–water partition coefficient (Wildman–Crippen LogP) is 1.33. The molecule has 3 aromatic rings. The highest BCUT2D eigenvalue weighted by Crippen LogP contribution is 2.28. The van der Waals surface area contributed by atoms with Crippen LogP contribution in [0.2, 0.25) is 0 Å². The van der Waals surface area contributed by atoms with Crippen molar-refractivity contribution in [2.45, 2.75) is 6.42 Å². The van der Waals surface area contributed by atoms with E-state index in [4.69, 9.17) is 9.84 Å². The smallest absolute Gasteiger partial charge is 0.309 e. The molecule has 2 aromatic heterocycles. The van der Waals surface area contributed by atoms with Gasteiger partial charge in [0.1, 0.15) is 5.75 Å². The van der Waals surface area contributed by atoms with Crippen LogP contribution in [0.3, 0.4) is 0 Å². The molecule has 0 bridgehead atoms. The molecule has 2 heterocycles. The van der Waals surface area contributed by atoms with Gasteiger partial charge in [0.05, 0.1) is 24.9 Å². The fraction of sp³-hybridized carbons (Fsp3) is 0.133. The van der Waals surface area contributed by atoms with E-state index < -0.39 is 5.97 Å². The third-order valence-electron chi connectivity index (χ3n) is 3.23. The summed E-state index contributed by atoms with van der Waals surface area (Å²) in [6.07, 6.45) is -0.291. The summed E-state index contributed by atoms with van der Waals surface area (Å²) in [5.74, 6) is -0.371. The van der Waals surface area contributed by atoms with Crippen LogP contribution in [0.1, 0.15) is 5.69 Å². The van der Waals surface area contributed by atoms with Gasteiger partial charge in [-0.2, -0.15) is 0 Å². The number of H-pyrrole nitrogens is 1. The first-order valence-corrected chi connectivity index (χ1v) is 6.55. The average molecular weight is 299 g/mol. The van der Waals surface area contributed by atoms with Crippen LogP contribution >= 0.6 is 0 Å². The highest BCUT2D eigenvalue weighted by Gasteiger charge is 2.12. The number of aliphatic carboxylic acids is 1. The minimum absolute atomic E-state index is 0.225. The SMILES string of the molecule is COc1ccccc1-c1cc2nc(CC(=O)O)cc(=O)n2[nH]1. The Bertz CT molecular complexity index is 911. The molecule has 0 aliphatic rings. The molecule has 1 aromatic carbocycles. The second-order valence-corrected chi connectivity index (χ2v) is 4.72. The number of nitrogens with zero attached hydrogens (tertiary/aromatic N) is 2. The van der Waals surface area contributed by atoms with Crippen molar-refractivity contribution in [3.05, 3.63) is 52.4 Å². The standard InChI is InChI=1S/C15H13N3O4/c1-22-12-5-3-2-4-10(12)11-8-13-16-9(7-15(20)21)6-14(19)18(13)17-11/h2-6,8,17H,7H2,1H3,(H,20,21). The maximum atomic E-state index is 12.0. The summed E-state index contributed by atoms with van der Waals surface area (Å²) >= 11 is 0. The maximum Gasteiger partial charge on any atom is 0.309 e. The monoisotopic (exact) mass is 299 g/mol. The zero-order chi connectivity index (χ0) is 15.7. The first-order chi connectivity index (χ1) is 10.6. The third-order valence-corrected chi connectivity index (χ3v) is 3.23. The van der Waals surface area contributed by atoms with E-state index >= 15 is 0 Å². The lowest BCUT2D eigenvalue weighted by atomic mass is 10.1. The van der Waals surface area contributed by atoms with Crippen molar-refractivity contribution in [1.29, 1.82) is 0 Å². The zero-order valence-electron chi connectivity index (χ0n) is 11.7. The van der Waals surface area contributed by atoms with Crippen LogP contribution in [-0.4, -0.2) is 32.8 Å². The molecule has 0 aliphatic carbocycles. The topological polar surface area (TPSA) is 96.7 Å². The Morgan fingerprint density at radius 1 is 1.36 bits per heavy atom. The number of aromatic amines is 1. The van der Waals surface area contributed by atoms with Gasteiger partial charge < -0.3 is 9.84 Å². The molecule has 3 rings (SSSR count). The van der Waals surface area contributed by atoms with Crippen molar-refractivity contribution < 1.29 is 14.6 Å². The number of carboxylic acid groups (broad SMARTS) is 1. The van der Waals surface area contributed by atoms with Gasteiger partial charge in [-0.15, -0.1) is 0 Å². The lowest BCUT2D eigenvalue weighted by Gasteiger charge is -2.05. The van der Waals surface area contributed by atoms with Crippen LogP contribution in [0.4, 0.5) is 0 Å². The first kappa shape index (κ1) is 13.9. The second-order valence-electron chi connectivity index (χ2n) is 4.72. The molecule has 7 heteroatoms. The molecule has 22 heavy (non-hydrogen) atoms. The largest absolute Gasteiger partial charge is 0.496 e. The van der Waals surface area contributed by atoms with E-state index in [0.717, 1.165) is 5.56 Å². The van der Waals surface area contributed by atoms with Gasteiger partial charge in [-0.25, -0.2) is 9.50 Å². The first-order valence-electron chi connectivity index (χ1n) is 6.55. The Morgan fingerprint density at radius 2 is 2.14 bits per heavy atom. The minimum Gasteiger partial charge on any atom is -0.496 e. The van der Waals surface area contributed by atoms with Gasteiger partial charge in [-0.1, -0.05) is 12.1 Å². The van der Waals surface area contributed by atoms with E-state index in [0.29, 0.717) is 17.1 Å². The molecule has 0 unspecified atom stereocenters. The number of fused-ring (bicyclic) bond motifs is 1. The molecule has 0 spiro atoms. The number of benzene rings is 1. The lowest BCUT2D eigenvalue weighted by molar-refractivity contribution is -0.136. The summed E-state index contributed by atoms with van der Waals surface area (Å²) in [5, 5.41) is 11.8. The number of ether oxygens (including phenoxy) is 1. The molecule has 7 nitrogen and oxygen atoms in total. The Balaban J connectivity index is 2.15. The van der Waals surface area contributed by atoms with Gasteiger partial charge in [0.2, 0.25) is 0 Å². The van der Waals surface area contributed by atoms with Crippen LogP contribution in [-0.2, 0) is 11.2 Å². The Hall–Kier alpha value is -3.09. The van der Waals surface area contributed by atoms with E-state index in [1.54, 1.807) is 13.2 Å². The second kappa shape index (κ2) is 5.36. The molecular weight excluding hydrogens is 286 g/mol. The summed E-state index contributed by atoms with van der Waals surface area (Å²) in [6.45, 7) is 0. The highest BCUT2D eigenvalue weighted by molar-refractivity contribution is 5.71. The molecule has 0 amide bonds. The van der Waals surface area contributed by atoms with E-state index in [9.17, 15) is 9.59 Å². The number of hydrogen-bond donors (Lipinski definition) is 2. The van der Waals surface area contributed by atoms with Crippen molar-refractivity contribution in [1.82, 2.24) is 14.6 Å². The quantitative estimate of drug-likeness (QED) is 0.757. The van der Waals surface area contributed by atoms with Gasteiger partial charge in [-0.3, -0.25) is 14.7 Å². The normalized spacial score (nSPS) is 10.8. The molecule has 0 aliphatic heterocycles. The fourth-order valence-electron chi connectivity index (χ4n) is 2.29. The van der Waals surface area contributed by atoms with Gasteiger partial charge in [0, 0.05) is 17.7 Å². The van der Waals surface area contributed by atoms with Gasteiger partial charge >= 0.3 is 5.97 Å². The molecule has 0 radical (unpaired) electrons. The predicted molar refractivity (Wildman–Crippen MR) is 79.1 cm³/mol. The van der Waals surface area contributed by atoms with Crippen molar-refractivity contribution in [3.63, 3.8) is 0 Å². The molecule has 0 fully saturated rings. The van der Waals surface area contributed by atoms with Gasteiger partial charge in [0.25, 0.3) is 5.56 Å². The molecule has 0 atom stereocenters. The van der Waals surface area contributed by atoms with E-state index in [-0.39, 0.29) is 17.7 Å². The maximum absolute atomic E-state index is 12.0. The summed E-state index contributed by atoms with van der Waals surface area (Å²) in [7, 11) is 1.57. The molecule has 0 saturated heterocycles.